The Morgan fingerprint density at radius 3 is 2.50 bits per heavy atom. The molecular weight excluding hydrogens is 96.1 g/mol. The molecule has 8 heavy (non-hydrogen) atoms. The summed E-state index contributed by atoms with van der Waals surface area (Å²) in [5.41, 5.74) is 1.50. The Bertz CT molecular complexity index is 107. The summed E-state index contributed by atoms with van der Waals surface area (Å²) >= 11 is 0. The maximum Gasteiger partial charge on any atom is -0.0285 e. The molecule has 0 nitrogen and oxygen atoms in total. The molecule has 0 fully saturated rings. The van der Waals surface area contributed by atoms with E-state index in [-0.39, 0.29) is 7.43 Å². The molecular formula is C8H11. The smallest absolute Gasteiger partial charge is 0.0285 e. The van der Waals surface area contributed by atoms with Crippen LogP contribution >= 0.6 is 0 Å². The topological polar surface area (TPSA) is 0 Å². The van der Waals surface area contributed by atoms with E-state index in [4.69, 9.17) is 0 Å². The van der Waals surface area contributed by atoms with E-state index in [0.717, 1.165) is 0 Å². The zero-order valence-corrected chi connectivity index (χ0v) is 5.22. The van der Waals surface area contributed by atoms with Gasteiger partial charge < -0.3 is 0 Å². The van der Waals surface area contributed by atoms with E-state index in [0.29, 0.717) is 0 Å². The number of rotatable bonds is 0. The first-order valence-corrected chi connectivity index (χ1v) is 2.72. The lowest BCUT2D eigenvalue weighted by Gasteiger charge is -1.98. The first-order chi connectivity index (χ1) is 3.39. The summed E-state index contributed by atoms with van der Waals surface area (Å²) in [6.07, 6.45) is 8.99. The molecule has 3 radical (unpaired) electrons. The van der Waals surface area contributed by atoms with Gasteiger partial charge in [-0.15, -0.1) is 0 Å². The highest BCUT2D eigenvalue weighted by Gasteiger charge is 1.88. The number of hydrogen-bond donors (Lipinski definition) is 0. The molecule has 0 aromatic carbocycles. The fraction of sp³-hybridized carbons (Fsp3) is 0.375. The van der Waals surface area contributed by atoms with E-state index in [1.165, 1.54) is 18.4 Å². The normalized spacial score (nSPS) is 16.9. The van der Waals surface area contributed by atoms with Crippen LogP contribution in [-0.4, -0.2) is 0 Å². The predicted octanol–water partition coefficient (Wildman–Crippen LogP) is 2.49. The standard InChI is InChI=1S/C7H10.CH/c1-7-5-3-2-4-6-7;/h2-3,5H,4,6H2,1H3;1H. The number of allylic oxidation sites excluding steroid dienone is 4. The van der Waals surface area contributed by atoms with Gasteiger partial charge in [0.2, 0.25) is 0 Å². The van der Waals surface area contributed by atoms with Crippen LogP contribution in [0, 0.1) is 7.43 Å². The minimum Gasteiger partial charge on any atom is -0.0842 e. The average Bonchev–Trinajstić information content (AvgIpc) is 1.69. The summed E-state index contributed by atoms with van der Waals surface area (Å²) in [5.74, 6) is 0. The maximum absolute atomic E-state index is 2.20. The van der Waals surface area contributed by atoms with E-state index in [1.54, 1.807) is 0 Å². The molecule has 0 heteroatoms. The molecule has 0 aromatic rings. The Morgan fingerprint density at radius 1 is 1.50 bits per heavy atom. The van der Waals surface area contributed by atoms with Crippen molar-refractivity contribution in [2.24, 2.45) is 0 Å². The molecule has 0 saturated carbocycles. The fourth-order valence-electron chi connectivity index (χ4n) is 0.723. The molecule has 43 valence electrons. The molecule has 0 aliphatic heterocycles. The quantitative estimate of drug-likeness (QED) is 0.446. The second-order valence-corrected chi connectivity index (χ2v) is 1.98. The van der Waals surface area contributed by atoms with Crippen LogP contribution in [-0.2, 0) is 0 Å². The summed E-state index contributed by atoms with van der Waals surface area (Å²) in [6.45, 7) is 2.17. The van der Waals surface area contributed by atoms with Crippen LogP contribution in [0.25, 0.3) is 0 Å². The van der Waals surface area contributed by atoms with Gasteiger partial charge in [-0.05, 0) is 27.2 Å². The minimum atomic E-state index is 0. The Hall–Kier alpha value is -0.520. The zero-order chi connectivity index (χ0) is 5.11. The molecule has 0 bridgehead atoms. The molecule has 0 unspecified atom stereocenters. The van der Waals surface area contributed by atoms with Crippen molar-refractivity contribution in [3.8, 4) is 0 Å². The van der Waals surface area contributed by atoms with Crippen molar-refractivity contribution in [2.45, 2.75) is 19.8 Å². The van der Waals surface area contributed by atoms with Gasteiger partial charge in [0.25, 0.3) is 0 Å². The zero-order valence-electron chi connectivity index (χ0n) is 5.22. The Morgan fingerprint density at radius 2 is 2.25 bits per heavy atom. The number of hydrogen-bond acceptors (Lipinski definition) is 0. The van der Waals surface area contributed by atoms with Crippen LogP contribution in [0.5, 0.6) is 0 Å². The average molecular weight is 107 g/mol. The lowest BCUT2D eigenvalue weighted by atomic mass is 10.1. The molecule has 1 aliphatic carbocycles. The maximum atomic E-state index is 2.20. The Labute approximate surface area is 51.9 Å². The van der Waals surface area contributed by atoms with E-state index in [9.17, 15) is 0 Å². The molecule has 0 amide bonds. The van der Waals surface area contributed by atoms with E-state index in [1.807, 2.05) is 0 Å². The Balaban J connectivity index is 0.000000490. The highest BCUT2D eigenvalue weighted by atomic mass is 13.9. The molecule has 0 saturated heterocycles. The van der Waals surface area contributed by atoms with E-state index < -0.39 is 0 Å². The van der Waals surface area contributed by atoms with Crippen molar-refractivity contribution in [3.05, 3.63) is 31.2 Å². The fourth-order valence-corrected chi connectivity index (χ4v) is 0.723. The van der Waals surface area contributed by atoms with Gasteiger partial charge in [-0.1, -0.05) is 23.8 Å². The lowest BCUT2D eigenvalue weighted by molar-refractivity contribution is 0.962. The van der Waals surface area contributed by atoms with E-state index >= 15 is 0 Å². The first-order valence-electron chi connectivity index (χ1n) is 2.72. The van der Waals surface area contributed by atoms with Crippen LogP contribution < -0.4 is 0 Å². The third-order valence-corrected chi connectivity index (χ3v) is 1.22. The molecule has 1 aliphatic rings. The largest absolute Gasteiger partial charge is 0.0842 e. The molecule has 0 atom stereocenters. The van der Waals surface area contributed by atoms with Crippen molar-refractivity contribution in [2.75, 3.05) is 0 Å². The van der Waals surface area contributed by atoms with Crippen LogP contribution in [0.15, 0.2) is 23.8 Å². The lowest BCUT2D eigenvalue weighted by Crippen LogP contribution is -1.78. The van der Waals surface area contributed by atoms with Gasteiger partial charge in [0.15, 0.2) is 0 Å². The molecule has 0 aromatic heterocycles. The highest BCUT2D eigenvalue weighted by molar-refractivity contribution is 5.15. The van der Waals surface area contributed by atoms with Crippen molar-refractivity contribution < 1.29 is 0 Å². The second kappa shape index (κ2) is 3.48. The van der Waals surface area contributed by atoms with Gasteiger partial charge >= 0.3 is 0 Å². The SMILES string of the molecule is CC1=CC=CCC1.[CH]. The van der Waals surface area contributed by atoms with Gasteiger partial charge in [0.1, 0.15) is 0 Å². The summed E-state index contributed by atoms with van der Waals surface area (Å²) in [4.78, 5) is 0. The van der Waals surface area contributed by atoms with Gasteiger partial charge in [-0.25, -0.2) is 0 Å². The van der Waals surface area contributed by atoms with Gasteiger partial charge in [-0.2, -0.15) is 0 Å². The third-order valence-electron chi connectivity index (χ3n) is 1.22. The van der Waals surface area contributed by atoms with Gasteiger partial charge in [0, 0.05) is 0 Å². The molecule has 0 N–H and O–H groups in total. The van der Waals surface area contributed by atoms with Crippen LogP contribution in [0.1, 0.15) is 19.8 Å². The Kier molecular flexibility index (Phi) is 3.25. The second-order valence-electron chi connectivity index (χ2n) is 1.98. The van der Waals surface area contributed by atoms with E-state index in [2.05, 4.69) is 25.2 Å². The summed E-state index contributed by atoms with van der Waals surface area (Å²) in [5, 5.41) is 0. The minimum absolute atomic E-state index is 0. The summed E-state index contributed by atoms with van der Waals surface area (Å²) in [6, 6.07) is 0. The highest BCUT2D eigenvalue weighted by Crippen LogP contribution is 2.08. The van der Waals surface area contributed by atoms with Crippen molar-refractivity contribution in [3.63, 3.8) is 0 Å². The molecule has 0 heterocycles. The molecule has 0 spiro atoms. The van der Waals surface area contributed by atoms with Crippen molar-refractivity contribution in [1.29, 1.82) is 0 Å². The first kappa shape index (κ1) is 7.48. The third kappa shape index (κ3) is 1.97. The van der Waals surface area contributed by atoms with Gasteiger partial charge in [0.05, 0.1) is 0 Å². The van der Waals surface area contributed by atoms with Crippen molar-refractivity contribution in [1.82, 2.24) is 0 Å². The van der Waals surface area contributed by atoms with Crippen LogP contribution in [0.2, 0.25) is 0 Å². The van der Waals surface area contributed by atoms with Crippen molar-refractivity contribution >= 4 is 0 Å². The monoisotopic (exact) mass is 107 g/mol. The van der Waals surface area contributed by atoms with Gasteiger partial charge in [-0.3, -0.25) is 0 Å². The summed E-state index contributed by atoms with van der Waals surface area (Å²) < 4.78 is 0. The van der Waals surface area contributed by atoms with Crippen LogP contribution in [0.4, 0.5) is 0 Å². The predicted molar refractivity (Wildman–Crippen MR) is 36.4 cm³/mol. The molecule has 1 rings (SSSR count). The summed E-state index contributed by atoms with van der Waals surface area (Å²) in [7, 11) is 0. The van der Waals surface area contributed by atoms with Crippen LogP contribution in [0.3, 0.4) is 0 Å².